The summed E-state index contributed by atoms with van der Waals surface area (Å²) in [6.45, 7) is 1.07. The van der Waals surface area contributed by atoms with Crippen LogP contribution in [0.4, 0.5) is 0 Å². The Bertz CT molecular complexity index is 2830. The summed E-state index contributed by atoms with van der Waals surface area (Å²) in [7, 11) is 0. The molecule has 24 nitrogen and oxygen atoms in total. The molecule has 3 heterocycles. The fraction of sp³-hybridized carbons (Fsp3) is 0.460. The fourth-order valence-corrected chi connectivity index (χ4v) is 9.57. The summed E-state index contributed by atoms with van der Waals surface area (Å²) in [5.41, 5.74) is 18.7. The van der Waals surface area contributed by atoms with Gasteiger partial charge in [0.15, 0.2) is 5.96 Å². The SMILES string of the molecule is CCCC[C@H](NC(C)=O)C(=O)N1CC(=O)NCCCCN(CC(N)=O)C(=O)[C@H](Cc2c[nH]c3ccccc23)NC(=O)[C@H](CCCN=C(N)N)NC(=O)[C@@H](Cc2cc(Cl)c(Cl)c(Cl)c2Cl)NC(=O)[C@H](Cc2cnc[nH]2)NC(=O)C1. The Balaban J connectivity index is 1.63. The molecule has 14 N–H and O–H groups in total. The van der Waals surface area contributed by atoms with Crippen LogP contribution >= 0.6 is 46.4 Å². The van der Waals surface area contributed by atoms with Crippen LogP contribution < -0.4 is 49.1 Å². The number of hydrogen-bond acceptors (Lipinski definition) is 11. The van der Waals surface area contributed by atoms with E-state index in [4.69, 9.17) is 63.6 Å². The molecular formula is C50H65Cl4N15O9. The van der Waals surface area contributed by atoms with Gasteiger partial charge in [0, 0.05) is 74.8 Å². The van der Waals surface area contributed by atoms with E-state index < -0.39 is 109 Å². The smallest absolute Gasteiger partial charge is 0.246 e. The van der Waals surface area contributed by atoms with Gasteiger partial charge in [-0.1, -0.05) is 84.4 Å². The van der Waals surface area contributed by atoms with Crippen molar-refractivity contribution in [2.75, 3.05) is 39.3 Å². The van der Waals surface area contributed by atoms with Gasteiger partial charge in [-0.2, -0.15) is 0 Å². The van der Waals surface area contributed by atoms with Crippen molar-refractivity contribution < 1.29 is 43.2 Å². The second-order valence-electron chi connectivity index (χ2n) is 18.6. The maximum absolute atomic E-state index is 14.9. The number of benzene rings is 2. The number of aromatic nitrogens is 3. The number of primary amides is 1. The molecule has 4 aromatic rings. The lowest BCUT2D eigenvalue weighted by atomic mass is 10.0. The number of imidazole rings is 1. The average molecular weight is 1160 g/mol. The first-order chi connectivity index (χ1) is 37.1. The van der Waals surface area contributed by atoms with Crippen LogP contribution in [0.3, 0.4) is 0 Å². The summed E-state index contributed by atoms with van der Waals surface area (Å²) < 4.78 is 0. The lowest BCUT2D eigenvalue weighted by Gasteiger charge is -2.29. The molecule has 2 aromatic carbocycles. The minimum atomic E-state index is -1.65. The van der Waals surface area contributed by atoms with Gasteiger partial charge in [-0.05, 0) is 55.4 Å². The van der Waals surface area contributed by atoms with E-state index >= 15 is 0 Å². The first-order valence-corrected chi connectivity index (χ1v) is 26.7. The minimum absolute atomic E-state index is 0.00864. The highest BCUT2D eigenvalue weighted by Crippen LogP contribution is 2.38. The van der Waals surface area contributed by atoms with E-state index in [1.165, 1.54) is 30.4 Å². The van der Waals surface area contributed by atoms with Gasteiger partial charge in [0.2, 0.25) is 53.2 Å². The number of para-hydroxylation sites is 1. The number of amides is 9. The van der Waals surface area contributed by atoms with Gasteiger partial charge in [-0.3, -0.25) is 48.1 Å². The van der Waals surface area contributed by atoms with Crippen molar-refractivity contribution >= 4 is 116 Å². The minimum Gasteiger partial charge on any atom is -0.370 e. The lowest BCUT2D eigenvalue weighted by Crippen LogP contribution is -2.60. The van der Waals surface area contributed by atoms with E-state index in [-0.39, 0.29) is 96.2 Å². The molecular weight excluding hydrogens is 1100 g/mol. The summed E-state index contributed by atoms with van der Waals surface area (Å²) in [5.74, 6) is -7.46. The highest BCUT2D eigenvalue weighted by atomic mass is 35.5. The molecule has 0 aliphatic carbocycles. The molecule has 0 spiro atoms. The van der Waals surface area contributed by atoms with Gasteiger partial charge in [-0.15, -0.1) is 0 Å². The highest BCUT2D eigenvalue weighted by molar-refractivity contribution is 6.52. The molecule has 1 aliphatic heterocycles. The highest BCUT2D eigenvalue weighted by Gasteiger charge is 2.36. The van der Waals surface area contributed by atoms with E-state index in [0.29, 0.717) is 24.1 Å². The molecule has 1 aliphatic rings. The van der Waals surface area contributed by atoms with Crippen molar-refractivity contribution in [1.29, 1.82) is 0 Å². The van der Waals surface area contributed by atoms with Crippen LogP contribution in [-0.2, 0) is 62.4 Å². The number of unbranched alkanes of at least 4 members (excludes halogenated alkanes) is 1. The van der Waals surface area contributed by atoms with E-state index in [2.05, 4.69) is 51.8 Å². The van der Waals surface area contributed by atoms with Crippen LogP contribution in [0.2, 0.25) is 20.1 Å². The Kier molecular flexibility index (Phi) is 23.8. The number of aliphatic imine (C=N–C) groups is 1. The molecule has 28 heteroatoms. The van der Waals surface area contributed by atoms with Crippen LogP contribution in [0.1, 0.15) is 75.6 Å². The molecule has 422 valence electrons. The number of H-pyrrole nitrogens is 2. The van der Waals surface area contributed by atoms with Crippen LogP contribution in [0.15, 0.2) is 54.0 Å². The molecule has 0 radical (unpaired) electrons. The molecule has 2 aromatic heterocycles. The molecule has 1 fully saturated rings. The third-order valence-corrected chi connectivity index (χ3v) is 14.3. The number of nitrogens with one attached hydrogen (secondary N) is 8. The topological polar surface area (TPSA) is 367 Å². The standard InChI is InChI=1S/C50H65Cl4N15O9/c1-3-4-11-35(63-27(2)70)48(77)69-24-40(72)59-14-7-8-16-68(23-39(55)71)49(78)38(19-29-21-61-33-12-6-5-10-31(29)33)67-45(74)34(13-9-15-60-50(56)57)65-46(75)36(18-28-17-32(51)43(53)44(54)42(28)52)66-47(76)37(64-41(73)25-69)20-30-22-58-26-62-30/h5-6,10,12,17,21-22,26,34-38,61H,3-4,7-9,11,13-16,18-20,23-25H2,1-2H3,(H2,55,71)(H,58,62)(H,59,72)(H,63,70)(H,64,73)(H,65,75)(H,66,76)(H,67,74)(H4,56,57,60)/t34-,35-,36+,37-,38-/m0/s1. The Morgan fingerprint density at radius 1 is 0.795 bits per heavy atom. The Morgan fingerprint density at radius 2 is 1.46 bits per heavy atom. The molecule has 0 unspecified atom stereocenters. The lowest BCUT2D eigenvalue weighted by molar-refractivity contribution is -0.142. The molecule has 0 bridgehead atoms. The number of nitrogens with two attached hydrogens (primary N) is 3. The average Bonchev–Trinajstić information content (AvgIpc) is 4.08. The first kappa shape index (κ1) is 61.7. The number of hydrogen-bond donors (Lipinski definition) is 11. The van der Waals surface area contributed by atoms with Crippen molar-refractivity contribution in [1.82, 2.24) is 56.7 Å². The number of nitrogens with zero attached hydrogens (tertiary/aromatic N) is 4. The molecule has 78 heavy (non-hydrogen) atoms. The maximum Gasteiger partial charge on any atom is 0.246 e. The summed E-state index contributed by atoms with van der Waals surface area (Å²) >= 11 is 25.9. The molecule has 5 rings (SSSR count). The normalized spacial score (nSPS) is 19.2. The third-order valence-electron chi connectivity index (χ3n) is 12.5. The van der Waals surface area contributed by atoms with Gasteiger partial charge in [-0.25, -0.2) is 4.98 Å². The van der Waals surface area contributed by atoms with Crippen molar-refractivity contribution in [2.45, 2.75) is 108 Å². The van der Waals surface area contributed by atoms with E-state index in [1.807, 2.05) is 25.1 Å². The molecule has 1 saturated heterocycles. The summed E-state index contributed by atoms with van der Waals surface area (Å²) in [4.78, 5) is 142. The Labute approximate surface area is 469 Å². The van der Waals surface area contributed by atoms with Crippen molar-refractivity contribution in [3.05, 3.63) is 86.0 Å². The fourth-order valence-electron chi connectivity index (χ4n) is 8.65. The maximum atomic E-state index is 14.9. The number of carbonyl (C=O) groups excluding carboxylic acids is 9. The van der Waals surface area contributed by atoms with Crippen molar-refractivity contribution in [3.63, 3.8) is 0 Å². The first-order valence-electron chi connectivity index (χ1n) is 25.1. The number of fused-ring (bicyclic) bond motifs is 1. The van der Waals surface area contributed by atoms with Gasteiger partial charge in [0.1, 0.15) is 43.3 Å². The number of aromatic amines is 2. The van der Waals surface area contributed by atoms with E-state index in [0.717, 1.165) is 15.8 Å². The predicted molar refractivity (Wildman–Crippen MR) is 294 cm³/mol. The number of carbonyl (C=O) groups is 9. The largest absolute Gasteiger partial charge is 0.370 e. The summed E-state index contributed by atoms with van der Waals surface area (Å²) in [5, 5.41) is 16.4. The second kappa shape index (κ2) is 30.1. The zero-order chi connectivity index (χ0) is 57.1. The summed E-state index contributed by atoms with van der Waals surface area (Å²) in [6, 6.07) is 1.47. The molecule has 5 atom stereocenters. The predicted octanol–water partition coefficient (Wildman–Crippen LogP) is 1.27. The van der Waals surface area contributed by atoms with Gasteiger partial charge in [0.05, 0.1) is 33.0 Å². The number of guanidine groups is 1. The van der Waals surface area contributed by atoms with Crippen LogP contribution in [0.25, 0.3) is 10.9 Å². The van der Waals surface area contributed by atoms with E-state index in [1.54, 1.807) is 12.3 Å². The van der Waals surface area contributed by atoms with Gasteiger partial charge >= 0.3 is 0 Å². The van der Waals surface area contributed by atoms with Crippen molar-refractivity contribution in [3.8, 4) is 0 Å². The van der Waals surface area contributed by atoms with Gasteiger partial charge in [0.25, 0.3) is 0 Å². The monoisotopic (exact) mass is 1160 g/mol. The zero-order valence-electron chi connectivity index (χ0n) is 43.0. The molecule has 0 saturated carbocycles. The quantitative estimate of drug-likeness (QED) is 0.0234. The van der Waals surface area contributed by atoms with Crippen LogP contribution in [0, 0.1) is 0 Å². The molecule has 9 amide bonds. The zero-order valence-corrected chi connectivity index (χ0v) is 46.0. The van der Waals surface area contributed by atoms with Crippen LogP contribution in [-0.4, -0.2) is 153 Å². The van der Waals surface area contributed by atoms with E-state index in [9.17, 15) is 43.2 Å². The number of rotatable bonds is 17. The third kappa shape index (κ3) is 18.5. The van der Waals surface area contributed by atoms with Crippen LogP contribution in [0.5, 0.6) is 0 Å². The Hall–Kier alpha value is -7.15. The second-order valence-corrected chi connectivity index (χ2v) is 20.2. The Morgan fingerprint density at radius 3 is 2.14 bits per heavy atom. The van der Waals surface area contributed by atoms with Crippen molar-refractivity contribution in [2.24, 2.45) is 22.2 Å². The van der Waals surface area contributed by atoms with Gasteiger partial charge < -0.3 is 68.9 Å². The summed E-state index contributed by atoms with van der Waals surface area (Å²) in [6.07, 6.45) is 5.37. The number of halogens is 4.